The molecule has 21 heavy (non-hydrogen) atoms. The lowest BCUT2D eigenvalue weighted by molar-refractivity contribution is 0.0524. The maximum absolute atomic E-state index is 12.6. The van der Waals surface area contributed by atoms with Gasteiger partial charge in [0.25, 0.3) is 0 Å². The number of esters is 1. The van der Waals surface area contributed by atoms with E-state index >= 15 is 0 Å². The molecular formula is C16H16ClNO3. The number of aromatic nitrogens is 1. The molecule has 0 bridgehead atoms. The number of hydrogen-bond donors (Lipinski definition) is 0. The molecule has 2 heterocycles. The van der Waals surface area contributed by atoms with Crippen molar-refractivity contribution in [3.63, 3.8) is 0 Å². The first kappa shape index (κ1) is 14.1. The summed E-state index contributed by atoms with van der Waals surface area (Å²) in [6.07, 6.45) is 3.47. The molecule has 0 saturated heterocycles. The molecule has 1 aromatic heterocycles. The van der Waals surface area contributed by atoms with Crippen LogP contribution in [0.2, 0.25) is 5.02 Å². The lowest BCUT2D eigenvalue weighted by Crippen LogP contribution is -2.24. The highest BCUT2D eigenvalue weighted by Crippen LogP contribution is 2.32. The molecule has 1 aliphatic rings. The van der Waals surface area contributed by atoms with Gasteiger partial charge in [-0.25, -0.2) is 4.79 Å². The fourth-order valence-corrected chi connectivity index (χ4v) is 3.18. The number of ether oxygens (including phenoxy) is 1. The Balaban J connectivity index is 2.38. The normalized spacial score (nSPS) is 17.0. The predicted octanol–water partition coefficient (Wildman–Crippen LogP) is 3.34. The fraction of sp³-hybridized carbons (Fsp3) is 0.375. The molecule has 0 aliphatic carbocycles. The van der Waals surface area contributed by atoms with E-state index in [2.05, 4.69) is 6.92 Å². The third-order valence-corrected chi connectivity index (χ3v) is 4.19. The number of carbonyl (C=O) groups is 1. The van der Waals surface area contributed by atoms with Crippen LogP contribution in [0.3, 0.4) is 0 Å². The van der Waals surface area contributed by atoms with Gasteiger partial charge in [0.15, 0.2) is 0 Å². The Kier molecular flexibility index (Phi) is 3.49. The third kappa shape index (κ3) is 2.23. The zero-order valence-corrected chi connectivity index (χ0v) is 12.7. The largest absolute Gasteiger partial charge is 0.462 e. The van der Waals surface area contributed by atoms with Crippen LogP contribution in [0.1, 0.15) is 42.2 Å². The molecule has 2 aromatic rings. The van der Waals surface area contributed by atoms with E-state index in [0.717, 1.165) is 23.9 Å². The van der Waals surface area contributed by atoms with Gasteiger partial charge in [-0.15, -0.1) is 0 Å². The number of hydrogen-bond acceptors (Lipinski definition) is 3. The number of nitrogens with zero attached hydrogens (tertiary/aromatic N) is 1. The van der Waals surface area contributed by atoms with Crippen LogP contribution < -0.4 is 5.43 Å². The van der Waals surface area contributed by atoms with Gasteiger partial charge in [-0.3, -0.25) is 4.79 Å². The zero-order chi connectivity index (χ0) is 15.1. The number of halogens is 1. The molecule has 0 fully saturated rings. The van der Waals surface area contributed by atoms with Gasteiger partial charge in [0.2, 0.25) is 5.43 Å². The lowest BCUT2D eigenvalue weighted by atomic mass is 9.96. The van der Waals surface area contributed by atoms with E-state index in [9.17, 15) is 9.59 Å². The van der Waals surface area contributed by atoms with Crippen molar-refractivity contribution >= 4 is 28.5 Å². The summed E-state index contributed by atoms with van der Waals surface area (Å²) in [5.41, 5.74) is 1.71. The van der Waals surface area contributed by atoms with E-state index in [1.165, 1.54) is 0 Å². The highest BCUT2D eigenvalue weighted by Gasteiger charge is 2.23. The summed E-state index contributed by atoms with van der Waals surface area (Å²) >= 11 is 6.12. The predicted molar refractivity (Wildman–Crippen MR) is 82.2 cm³/mol. The summed E-state index contributed by atoms with van der Waals surface area (Å²) < 4.78 is 6.98. The van der Waals surface area contributed by atoms with Gasteiger partial charge >= 0.3 is 5.97 Å². The van der Waals surface area contributed by atoms with E-state index in [4.69, 9.17) is 16.3 Å². The van der Waals surface area contributed by atoms with Crippen LogP contribution in [0.4, 0.5) is 0 Å². The summed E-state index contributed by atoms with van der Waals surface area (Å²) in [7, 11) is 0. The van der Waals surface area contributed by atoms with Gasteiger partial charge in [-0.05, 0) is 44.4 Å². The second-order valence-corrected chi connectivity index (χ2v) is 5.78. The van der Waals surface area contributed by atoms with E-state index in [-0.39, 0.29) is 23.6 Å². The monoisotopic (exact) mass is 305 g/mol. The maximum atomic E-state index is 12.6. The molecule has 0 saturated carbocycles. The Morgan fingerprint density at radius 3 is 2.95 bits per heavy atom. The molecule has 5 heteroatoms. The number of aryl methyl sites for hydroxylation is 1. The summed E-state index contributed by atoms with van der Waals surface area (Å²) in [4.78, 5) is 24.6. The number of carbonyl (C=O) groups excluding carboxylic acids is 1. The van der Waals surface area contributed by atoms with Crippen molar-refractivity contribution in [1.82, 2.24) is 4.57 Å². The Morgan fingerprint density at radius 2 is 2.24 bits per heavy atom. The third-order valence-electron chi connectivity index (χ3n) is 3.97. The second-order valence-electron chi connectivity index (χ2n) is 5.35. The van der Waals surface area contributed by atoms with Gasteiger partial charge in [0, 0.05) is 22.6 Å². The van der Waals surface area contributed by atoms with Gasteiger partial charge < -0.3 is 9.30 Å². The standard InChI is InChI=1S/C16H16ClNO3/c1-3-21-16(20)13-8-18-9(2)4-5-10-6-11(17)7-12(14(10)18)15(13)19/h6-9H,3-5H2,1-2H3. The van der Waals surface area contributed by atoms with Crippen molar-refractivity contribution in [3.05, 3.63) is 44.7 Å². The van der Waals surface area contributed by atoms with E-state index in [0.29, 0.717) is 10.4 Å². The quantitative estimate of drug-likeness (QED) is 0.800. The van der Waals surface area contributed by atoms with Crippen LogP contribution in [0, 0.1) is 0 Å². The molecule has 1 aliphatic heterocycles. The minimum Gasteiger partial charge on any atom is -0.462 e. The molecule has 1 atom stereocenters. The molecule has 4 nitrogen and oxygen atoms in total. The molecule has 110 valence electrons. The fourth-order valence-electron chi connectivity index (χ4n) is 2.94. The summed E-state index contributed by atoms with van der Waals surface area (Å²) in [5.74, 6) is -0.576. The smallest absolute Gasteiger partial charge is 0.343 e. The van der Waals surface area contributed by atoms with E-state index < -0.39 is 5.97 Å². The molecular weight excluding hydrogens is 290 g/mol. The summed E-state index contributed by atoms with van der Waals surface area (Å²) in [6.45, 7) is 4.04. The highest BCUT2D eigenvalue weighted by molar-refractivity contribution is 6.31. The van der Waals surface area contributed by atoms with Gasteiger partial charge in [0.05, 0.1) is 12.1 Å². The van der Waals surface area contributed by atoms with Gasteiger partial charge in [-0.1, -0.05) is 11.6 Å². The number of pyridine rings is 1. The van der Waals surface area contributed by atoms with Crippen molar-refractivity contribution in [2.24, 2.45) is 0 Å². The first-order chi connectivity index (χ1) is 10.0. The maximum Gasteiger partial charge on any atom is 0.343 e. The van der Waals surface area contributed by atoms with E-state index in [1.54, 1.807) is 19.2 Å². The minimum atomic E-state index is -0.576. The molecule has 0 amide bonds. The topological polar surface area (TPSA) is 48.3 Å². The first-order valence-corrected chi connectivity index (χ1v) is 7.45. The van der Waals surface area contributed by atoms with Gasteiger partial charge in [0.1, 0.15) is 5.56 Å². The Bertz CT molecular complexity index is 794. The van der Waals surface area contributed by atoms with Crippen molar-refractivity contribution < 1.29 is 9.53 Å². The van der Waals surface area contributed by atoms with Crippen LogP contribution in [-0.2, 0) is 11.2 Å². The Labute approximate surface area is 127 Å². The Morgan fingerprint density at radius 1 is 1.48 bits per heavy atom. The second kappa shape index (κ2) is 5.19. The van der Waals surface area contributed by atoms with Crippen molar-refractivity contribution in [2.75, 3.05) is 6.61 Å². The van der Waals surface area contributed by atoms with Crippen LogP contribution >= 0.6 is 11.6 Å². The minimum absolute atomic E-state index is 0.0753. The van der Waals surface area contributed by atoms with Crippen molar-refractivity contribution in [1.29, 1.82) is 0 Å². The zero-order valence-electron chi connectivity index (χ0n) is 12.0. The van der Waals surface area contributed by atoms with Crippen molar-refractivity contribution in [2.45, 2.75) is 32.7 Å². The molecule has 0 radical (unpaired) electrons. The SMILES string of the molecule is CCOC(=O)c1cn2c3c(cc(Cl)cc3c1=O)CCC2C. The van der Waals surface area contributed by atoms with Crippen LogP contribution in [0.25, 0.3) is 10.9 Å². The van der Waals surface area contributed by atoms with Crippen LogP contribution in [-0.4, -0.2) is 17.1 Å². The first-order valence-electron chi connectivity index (χ1n) is 7.07. The number of benzene rings is 1. The molecule has 3 rings (SSSR count). The van der Waals surface area contributed by atoms with Crippen LogP contribution in [0.5, 0.6) is 0 Å². The number of rotatable bonds is 2. The Hall–Kier alpha value is -1.81. The highest BCUT2D eigenvalue weighted by atomic mass is 35.5. The van der Waals surface area contributed by atoms with Crippen LogP contribution in [0.15, 0.2) is 23.1 Å². The average Bonchev–Trinajstić information content (AvgIpc) is 2.45. The van der Waals surface area contributed by atoms with E-state index in [1.807, 2.05) is 10.6 Å². The summed E-state index contributed by atoms with van der Waals surface area (Å²) in [5, 5.41) is 1.02. The molecule has 0 spiro atoms. The van der Waals surface area contributed by atoms with Crippen molar-refractivity contribution in [3.8, 4) is 0 Å². The molecule has 0 N–H and O–H groups in total. The average molecular weight is 306 g/mol. The molecule has 1 aromatic carbocycles. The van der Waals surface area contributed by atoms with Gasteiger partial charge in [-0.2, -0.15) is 0 Å². The molecule has 1 unspecified atom stereocenters. The summed E-state index contributed by atoms with van der Waals surface area (Å²) in [6, 6.07) is 3.77. The lowest BCUT2D eigenvalue weighted by Gasteiger charge is -2.26.